The predicted octanol–water partition coefficient (Wildman–Crippen LogP) is 5.07. The summed E-state index contributed by atoms with van der Waals surface area (Å²) < 4.78 is 47.9. The first-order chi connectivity index (χ1) is 17.2. The summed E-state index contributed by atoms with van der Waals surface area (Å²) in [6.45, 7) is 0.210. The van der Waals surface area contributed by atoms with E-state index in [-0.39, 0.29) is 12.5 Å². The molecule has 1 amide bonds. The van der Waals surface area contributed by atoms with Gasteiger partial charge in [-0.2, -0.15) is 23.3 Å². The van der Waals surface area contributed by atoms with Gasteiger partial charge in [-0.3, -0.25) is 14.0 Å². The van der Waals surface area contributed by atoms with E-state index in [2.05, 4.69) is 15.2 Å². The molecule has 1 fully saturated rings. The van der Waals surface area contributed by atoms with Crippen molar-refractivity contribution < 1.29 is 22.5 Å². The van der Waals surface area contributed by atoms with E-state index in [1.807, 2.05) is 6.20 Å². The highest BCUT2D eigenvalue weighted by Gasteiger charge is 2.31. The van der Waals surface area contributed by atoms with Gasteiger partial charge in [0.2, 0.25) is 5.89 Å². The largest absolute Gasteiger partial charge is 0.416 e. The van der Waals surface area contributed by atoms with Gasteiger partial charge in [0.15, 0.2) is 11.5 Å². The number of benzene rings is 2. The zero-order valence-corrected chi connectivity index (χ0v) is 19.5. The number of halogens is 3. The third-order valence-electron chi connectivity index (χ3n) is 6.38. The molecule has 1 aliphatic carbocycles. The third-order valence-corrected chi connectivity index (χ3v) is 6.38. The lowest BCUT2D eigenvalue weighted by molar-refractivity contribution is -0.137. The Bertz CT molecular complexity index is 1610. The summed E-state index contributed by atoms with van der Waals surface area (Å²) in [4.78, 5) is 19.1. The minimum atomic E-state index is -4.42. The Balaban J connectivity index is 1.36. The van der Waals surface area contributed by atoms with Crippen LogP contribution >= 0.6 is 0 Å². The Morgan fingerprint density at radius 1 is 1.14 bits per heavy atom. The molecule has 11 heteroatoms. The van der Waals surface area contributed by atoms with Crippen LogP contribution < -0.4 is 0 Å². The Morgan fingerprint density at radius 3 is 2.58 bits per heavy atom. The number of rotatable bonds is 5. The fraction of sp³-hybridized carbons (Fsp3) is 0.280. The van der Waals surface area contributed by atoms with Gasteiger partial charge in [0.1, 0.15) is 0 Å². The van der Waals surface area contributed by atoms with E-state index in [1.54, 1.807) is 41.5 Å². The highest BCUT2D eigenvalue weighted by Crippen LogP contribution is 2.39. The van der Waals surface area contributed by atoms with E-state index >= 15 is 0 Å². The van der Waals surface area contributed by atoms with Gasteiger partial charge in [-0.15, -0.1) is 0 Å². The van der Waals surface area contributed by atoms with E-state index in [9.17, 15) is 18.0 Å². The van der Waals surface area contributed by atoms with Crippen molar-refractivity contribution in [2.24, 2.45) is 7.05 Å². The van der Waals surface area contributed by atoms with E-state index < -0.39 is 11.7 Å². The Morgan fingerprint density at radius 2 is 1.89 bits per heavy atom. The van der Waals surface area contributed by atoms with Crippen LogP contribution in [0, 0.1) is 0 Å². The molecule has 3 heterocycles. The first-order valence-corrected chi connectivity index (χ1v) is 11.4. The van der Waals surface area contributed by atoms with Crippen LogP contribution in [0.1, 0.15) is 46.4 Å². The number of amides is 1. The number of carbonyl (C=O) groups excluding carboxylic acids is 1. The van der Waals surface area contributed by atoms with Crippen LogP contribution in [0.4, 0.5) is 13.2 Å². The summed E-state index contributed by atoms with van der Waals surface area (Å²) in [6.07, 6.45) is -0.495. The molecule has 0 atom stereocenters. The summed E-state index contributed by atoms with van der Waals surface area (Å²) >= 11 is 0. The van der Waals surface area contributed by atoms with Gasteiger partial charge in [-0.25, -0.2) is 0 Å². The lowest BCUT2D eigenvalue weighted by Gasteiger charge is -2.15. The quantitative estimate of drug-likeness (QED) is 0.341. The van der Waals surface area contributed by atoms with Crippen LogP contribution in [0.25, 0.3) is 27.6 Å². The summed E-state index contributed by atoms with van der Waals surface area (Å²) in [7, 11) is 3.44. The SMILES string of the molecule is CN(Cc1noc(C2CC2)n1)C(=O)c1ccc2c(c1)c1cn(C)nc1n2-c1ccc(C(F)(F)F)cc1. The second-order valence-corrected chi connectivity index (χ2v) is 9.14. The number of fused-ring (bicyclic) bond motifs is 3. The zero-order chi connectivity index (χ0) is 25.2. The highest BCUT2D eigenvalue weighted by atomic mass is 19.4. The van der Waals surface area contributed by atoms with Crippen LogP contribution in [0.3, 0.4) is 0 Å². The maximum absolute atomic E-state index is 13.2. The van der Waals surface area contributed by atoms with Gasteiger partial charge < -0.3 is 9.42 Å². The number of hydrogen-bond donors (Lipinski definition) is 0. The molecule has 0 N–H and O–H groups in total. The van der Waals surface area contributed by atoms with Crippen molar-refractivity contribution in [3.8, 4) is 5.69 Å². The van der Waals surface area contributed by atoms with E-state index in [0.29, 0.717) is 34.5 Å². The Kier molecular flexibility index (Phi) is 4.92. The molecule has 36 heavy (non-hydrogen) atoms. The van der Waals surface area contributed by atoms with Gasteiger partial charge in [-0.1, -0.05) is 5.16 Å². The minimum absolute atomic E-state index is 0.210. The Hall–Kier alpha value is -4.15. The maximum Gasteiger partial charge on any atom is 0.416 e. The van der Waals surface area contributed by atoms with E-state index in [4.69, 9.17) is 4.52 Å². The number of carbonyl (C=O) groups is 1. The van der Waals surface area contributed by atoms with Crippen LogP contribution in [-0.2, 0) is 19.8 Å². The summed E-state index contributed by atoms with van der Waals surface area (Å²) in [5.41, 5.74) is 1.61. The van der Waals surface area contributed by atoms with Gasteiger partial charge >= 0.3 is 6.18 Å². The molecule has 0 radical (unpaired) electrons. The van der Waals surface area contributed by atoms with Gasteiger partial charge in [0.25, 0.3) is 5.91 Å². The molecule has 0 unspecified atom stereocenters. The smallest absolute Gasteiger partial charge is 0.339 e. The van der Waals surface area contributed by atoms with Gasteiger partial charge in [0, 0.05) is 48.2 Å². The molecule has 1 saturated carbocycles. The summed E-state index contributed by atoms with van der Waals surface area (Å²) in [6, 6.07) is 10.2. The molecule has 0 aliphatic heterocycles. The van der Waals surface area contributed by atoms with Crippen LogP contribution in [0.15, 0.2) is 53.2 Å². The third kappa shape index (κ3) is 3.80. The van der Waals surface area contributed by atoms with Crippen LogP contribution in [0.2, 0.25) is 0 Å². The van der Waals surface area contributed by atoms with Crippen molar-refractivity contribution in [2.45, 2.75) is 31.5 Å². The molecule has 8 nitrogen and oxygen atoms in total. The van der Waals surface area contributed by atoms with E-state index in [0.717, 1.165) is 41.3 Å². The van der Waals surface area contributed by atoms with Crippen molar-refractivity contribution in [1.29, 1.82) is 0 Å². The van der Waals surface area contributed by atoms with Crippen molar-refractivity contribution in [1.82, 2.24) is 29.4 Å². The normalized spacial score (nSPS) is 14.1. The van der Waals surface area contributed by atoms with E-state index in [1.165, 1.54) is 17.0 Å². The zero-order valence-electron chi connectivity index (χ0n) is 19.5. The number of aryl methyl sites for hydroxylation is 1. The van der Waals surface area contributed by atoms with Gasteiger partial charge in [0.05, 0.1) is 17.6 Å². The van der Waals surface area contributed by atoms with Crippen LogP contribution in [0.5, 0.6) is 0 Å². The van der Waals surface area contributed by atoms with Crippen molar-refractivity contribution in [2.75, 3.05) is 7.05 Å². The maximum atomic E-state index is 13.2. The van der Waals surface area contributed by atoms with Crippen LogP contribution in [-0.4, -0.2) is 42.3 Å². The number of hydrogen-bond acceptors (Lipinski definition) is 5. The monoisotopic (exact) mass is 494 g/mol. The molecular formula is C25H21F3N6O2. The minimum Gasteiger partial charge on any atom is -0.339 e. The molecule has 5 aromatic rings. The topological polar surface area (TPSA) is 82.0 Å². The molecule has 6 rings (SSSR count). The summed E-state index contributed by atoms with van der Waals surface area (Å²) in [5.74, 6) is 1.20. The molecule has 184 valence electrons. The first-order valence-electron chi connectivity index (χ1n) is 11.4. The lowest BCUT2D eigenvalue weighted by atomic mass is 10.1. The fourth-order valence-electron chi connectivity index (χ4n) is 4.42. The Labute approximate surface area is 202 Å². The van der Waals surface area contributed by atoms with Crippen molar-refractivity contribution >= 4 is 27.8 Å². The average molecular weight is 494 g/mol. The number of nitrogens with zero attached hydrogens (tertiary/aromatic N) is 6. The number of alkyl halides is 3. The molecule has 2 aromatic carbocycles. The lowest BCUT2D eigenvalue weighted by Crippen LogP contribution is -2.26. The van der Waals surface area contributed by atoms with Crippen molar-refractivity contribution in [3.05, 3.63) is 71.5 Å². The summed E-state index contributed by atoms with van der Waals surface area (Å²) in [5, 5.41) is 10.1. The molecule has 0 bridgehead atoms. The number of aromatic nitrogens is 5. The molecular weight excluding hydrogens is 473 g/mol. The van der Waals surface area contributed by atoms with Gasteiger partial charge in [-0.05, 0) is 55.3 Å². The standard InChI is InChI=1S/C25H21F3N6O2/c1-32(13-21-29-23(36-31-21)14-3-4-14)24(35)15-5-10-20-18(11-15)19-12-33(2)30-22(19)34(20)17-8-6-16(7-9-17)25(26,27)28/h5-12,14H,3-4,13H2,1-2H3. The molecule has 0 saturated heterocycles. The molecule has 1 aliphatic rings. The predicted molar refractivity (Wildman–Crippen MR) is 125 cm³/mol. The average Bonchev–Trinajstić information content (AvgIpc) is 3.37. The van der Waals surface area contributed by atoms with Crippen molar-refractivity contribution in [3.63, 3.8) is 0 Å². The fourth-order valence-corrected chi connectivity index (χ4v) is 4.42. The molecule has 0 spiro atoms. The molecule has 3 aromatic heterocycles. The second kappa shape index (κ2) is 7.94. The second-order valence-electron chi connectivity index (χ2n) is 9.14. The first kappa shape index (κ1) is 22.3. The highest BCUT2D eigenvalue weighted by molar-refractivity contribution is 6.10.